The highest BCUT2D eigenvalue weighted by molar-refractivity contribution is 5.86. The van der Waals surface area contributed by atoms with Gasteiger partial charge in [-0.2, -0.15) is 0 Å². The molecule has 0 heterocycles. The predicted octanol–water partition coefficient (Wildman–Crippen LogP) is 5.30. The number of carbonyl (C=O) groups excluding carboxylic acids is 1. The van der Waals surface area contributed by atoms with Crippen LogP contribution >= 0.6 is 0 Å². The molecule has 26 heavy (non-hydrogen) atoms. The fourth-order valence-corrected chi connectivity index (χ4v) is 2.09. The summed E-state index contributed by atoms with van der Waals surface area (Å²) in [6.45, 7) is 9.63. The minimum Gasteiger partial charge on any atom is -0.494 e. The lowest BCUT2D eigenvalue weighted by molar-refractivity contribution is -0.141. The van der Waals surface area contributed by atoms with E-state index in [0.29, 0.717) is 5.57 Å². The first-order valence-corrected chi connectivity index (χ1v) is 9.65. The molecule has 0 aliphatic heterocycles. The van der Waals surface area contributed by atoms with Crippen LogP contribution in [0.3, 0.4) is 0 Å². The molecule has 0 fully saturated rings. The number of ether oxygens (including phenoxy) is 2. The summed E-state index contributed by atoms with van der Waals surface area (Å²) in [5.41, 5.74) is 0.348. The summed E-state index contributed by atoms with van der Waals surface area (Å²) >= 11 is 0. The van der Waals surface area contributed by atoms with Crippen LogP contribution in [0.1, 0.15) is 65.7 Å². The molecule has 0 aromatic heterocycles. The number of rotatable bonds is 12. The number of para-hydroxylation sites is 1. The summed E-state index contributed by atoms with van der Waals surface area (Å²) in [5, 5.41) is 8.68. The van der Waals surface area contributed by atoms with Crippen LogP contribution in [0.25, 0.3) is 0 Å². The average molecular weight is 365 g/mol. The SMILES string of the molecule is C=C(C)C(=O)OCC(C)O.CCCCCCCCCOc1ccccc1. The summed E-state index contributed by atoms with van der Waals surface area (Å²) in [7, 11) is 0. The minimum absolute atomic E-state index is 0.0334. The quantitative estimate of drug-likeness (QED) is 0.310. The molecule has 4 nitrogen and oxygen atoms in total. The zero-order chi connectivity index (χ0) is 19.6. The standard InChI is InChI=1S/C15H24O.C7H12O3/c1-2-3-4-5-6-7-11-14-16-15-12-9-8-10-13-15;1-5(2)7(9)10-4-6(3)8/h8-10,12-13H,2-7,11,14H2,1H3;6,8H,1,4H2,2-3H3. The van der Waals surface area contributed by atoms with Gasteiger partial charge in [-0.15, -0.1) is 0 Å². The highest BCUT2D eigenvalue weighted by Gasteiger charge is 2.03. The summed E-state index contributed by atoms with van der Waals surface area (Å²) in [5.74, 6) is 0.536. The van der Waals surface area contributed by atoms with E-state index in [0.717, 1.165) is 12.4 Å². The van der Waals surface area contributed by atoms with Gasteiger partial charge in [0.05, 0.1) is 12.7 Å². The van der Waals surface area contributed by atoms with E-state index in [1.807, 2.05) is 30.3 Å². The lowest BCUT2D eigenvalue weighted by Gasteiger charge is -2.05. The van der Waals surface area contributed by atoms with E-state index in [9.17, 15) is 4.79 Å². The summed E-state index contributed by atoms with van der Waals surface area (Å²) in [6.07, 6.45) is 8.74. The van der Waals surface area contributed by atoms with Crippen molar-refractivity contribution in [2.45, 2.75) is 71.8 Å². The van der Waals surface area contributed by atoms with Crippen LogP contribution in [0.5, 0.6) is 5.75 Å². The topological polar surface area (TPSA) is 55.8 Å². The fraction of sp³-hybridized carbons (Fsp3) is 0.591. The van der Waals surface area contributed by atoms with Crippen molar-refractivity contribution in [2.24, 2.45) is 0 Å². The maximum Gasteiger partial charge on any atom is 0.333 e. The summed E-state index contributed by atoms with van der Waals surface area (Å²) < 4.78 is 10.2. The Morgan fingerprint density at radius 3 is 2.19 bits per heavy atom. The zero-order valence-electron chi connectivity index (χ0n) is 16.7. The molecule has 1 unspecified atom stereocenters. The second-order valence-electron chi connectivity index (χ2n) is 6.51. The van der Waals surface area contributed by atoms with Gasteiger partial charge in [0.1, 0.15) is 12.4 Å². The second kappa shape index (κ2) is 16.6. The first-order chi connectivity index (χ1) is 12.5. The normalized spacial score (nSPS) is 11.1. The maximum absolute atomic E-state index is 10.6. The zero-order valence-corrected chi connectivity index (χ0v) is 16.7. The van der Waals surface area contributed by atoms with Crippen LogP contribution in [-0.4, -0.2) is 30.4 Å². The first kappa shape index (κ1) is 24.2. The number of hydrogen-bond acceptors (Lipinski definition) is 4. The summed E-state index contributed by atoms with van der Waals surface area (Å²) in [4.78, 5) is 10.6. The number of unbranched alkanes of at least 4 members (excludes halogenated alkanes) is 6. The third kappa shape index (κ3) is 15.7. The van der Waals surface area contributed by atoms with Crippen molar-refractivity contribution >= 4 is 5.97 Å². The lowest BCUT2D eigenvalue weighted by atomic mass is 10.1. The fourth-order valence-electron chi connectivity index (χ4n) is 2.09. The van der Waals surface area contributed by atoms with Crippen molar-refractivity contribution in [3.8, 4) is 5.75 Å². The molecule has 148 valence electrons. The molecule has 0 aliphatic rings. The van der Waals surface area contributed by atoms with Crippen LogP contribution in [0.4, 0.5) is 0 Å². The van der Waals surface area contributed by atoms with Crippen molar-refractivity contribution in [3.05, 3.63) is 42.5 Å². The van der Waals surface area contributed by atoms with Crippen molar-refractivity contribution in [1.29, 1.82) is 0 Å². The monoisotopic (exact) mass is 364 g/mol. The van der Waals surface area contributed by atoms with Gasteiger partial charge < -0.3 is 14.6 Å². The number of carbonyl (C=O) groups is 1. The van der Waals surface area contributed by atoms with Crippen LogP contribution < -0.4 is 4.74 Å². The van der Waals surface area contributed by atoms with E-state index in [-0.39, 0.29) is 6.61 Å². The number of aliphatic hydroxyl groups is 1. The largest absolute Gasteiger partial charge is 0.494 e. The molecule has 1 aromatic rings. The molecular formula is C22H36O4. The summed E-state index contributed by atoms with van der Waals surface area (Å²) in [6, 6.07) is 10.1. The second-order valence-corrected chi connectivity index (χ2v) is 6.51. The Morgan fingerprint density at radius 2 is 1.65 bits per heavy atom. The Labute approximate surface area is 159 Å². The van der Waals surface area contributed by atoms with Gasteiger partial charge in [-0.25, -0.2) is 4.79 Å². The Kier molecular flexibility index (Phi) is 15.5. The number of aliphatic hydroxyl groups excluding tert-OH is 1. The Balaban J connectivity index is 0.000000541. The Hall–Kier alpha value is -1.81. The highest BCUT2D eigenvalue weighted by atomic mass is 16.5. The van der Waals surface area contributed by atoms with Gasteiger partial charge >= 0.3 is 5.97 Å². The van der Waals surface area contributed by atoms with Crippen LogP contribution in [0.15, 0.2) is 42.5 Å². The molecule has 0 spiro atoms. The van der Waals surface area contributed by atoms with Gasteiger partial charge in [-0.1, -0.05) is 70.2 Å². The third-order valence-corrected chi connectivity index (χ3v) is 3.56. The van der Waals surface area contributed by atoms with Crippen molar-refractivity contribution in [2.75, 3.05) is 13.2 Å². The van der Waals surface area contributed by atoms with E-state index in [2.05, 4.69) is 18.2 Å². The molecule has 0 amide bonds. The number of esters is 1. The van der Waals surface area contributed by atoms with Crippen molar-refractivity contribution < 1.29 is 19.4 Å². The van der Waals surface area contributed by atoms with E-state index in [4.69, 9.17) is 9.84 Å². The van der Waals surface area contributed by atoms with Crippen LogP contribution in [0, 0.1) is 0 Å². The Morgan fingerprint density at radius 1 is 1.08 bits per heavy atom. The molecule has 1 atom stereocenters. The molecular weight excluding hydrogens is 328 g/mol. The lowest BCUT2D eigenvalue weighted by Crippen LogP contribution is -2.15. The molecule has 4 heteroatoms. The van der Waals surface area contributed by atoms with Crippen LogP contribution in [0.2, 0.25) is 0 Å². The van der Waals surface area contributed by atoms with Gasteiger partial charge in [0.2, 0.25) is 0 Å². The molecule has 0 radical (unpaired) electrons. The average Bonchev–Trinajstić information content (AvgIpc) is 2.63. The molecule has 1 N–H and O–H groups in total. The van der Waals surface area contributed by atoms with Gasteiger partial charge in [0.25, 0.3) is 0 Å². The van der Waals surface area contributed by atoms with E-state index >= 15 is 0 Å². The molecule has 0 saturated carbocycles. The number of benzene rings is 1. The Bertz CT molecular complexity index is 468. The molecule has 0 saturated heterocycles. The van der Waals surface area contributed by atoms with E-state index < -0.39 is 12.1 Å². The molecule has 1 aromatic carbocycles. The predicted molar refractivity (Wildman–Crippen MR) is 107 cm³/mol. The molecule has 1 rings (SSSR count). The van der Waals surface area contributed by atoms with Crippen molar-refractivity contribution in [1.82, 2.24) is 0 Å². The van der Waals surface area contributed by atoms with Gasteiger partial charge in [-0.05, 0) is 32.4 Å². The smallest absolute Gasteiger partial charge is 0.333 e. The van der Waals surface area contributed by atoms with E-state index in [1.165, 1.54) is 44.9 Å². The maximum atomic E-state index is 10.6. The third-order valence-electron chi connectivity index (χ3n) is 3.56. The van der Waals surface area contributed by atoms with E-state index in [1.54, 1.807) is 13.8 Å². The minimum atomic E-state index is -0.608. The number of hydrogen-bond donors (Lipinski definition) is 1. The molecule has 0 bridgehead atoms. The van der Waals surface area contributed by atoms with Crippen molar-refractivity contribution in [3.63, 3.8) is 0 Å². The van der Waals surface area contributed by atoms with Gasteiger partial charge in [0, 0.05) is 5.57 Å². The highest BCUT2D eigenvalue weighted by Crippen LogP contribution is 2.10. The molecule has 0 aliphatic carbocycles. The van der Waals surface area contributed by atoms with Gasteiger partial charge in [0.15, 0.2) is 0 Å². The van der Waals surface area contributed by atoms with Gasteiger partial charge in [-0.3, -0.25) is 0 Å². The first-order valence-electron chi connectivity index (χ1n) is 9.65. The van der Waals surface area contributed by atoms with Crippen LogP contribution in [-0.2, 0) is 9.53 Å².